The standard InChI is InChI=1S/C14H14O3/c1-2-11-12(7-8-13(16)14(11)17)9-3-5-10(15)6-4-9/h3-8,15-17H,2H2,1H3. The van der Waals surface area contributed by atoms with Crippen LogP contribution >= 0.6 is 0 Å². The summed E-state index contributed by atoms with van der Waals surface area (Å²) >= 11 is 0. The molecule has 0 atom stereocenters. The molecule has 2 rings (SSSR count). The Hall–Kier alpha value is -2.16. The van der Waals surface area contributed by atoms with Crippen LogP contribution < -0.4 is 0 Å². The fourth-order valence-corrected chi connectivity index (χ4v) is 1.89. The Morgan fingerprint density at radius 2 is 1.53 bits per heavy atom. The average molecular weight is 230 g/mol. The van der Waals surface area contributed by atoms with E-state index in [0.29, 0.717) is 12.0 Å². The van der Waals surface area contributed by atoms with Gasteiger partial charge in [0, 0.05) is 5.56 Å². The lowest BCUT2D eigenvalue weighted by Crippen LogP contribution is -1.89. The van der Waals surface area contributed by atoms with Crippen LogP contribution in [0.1, 0.15) is 12.5 Å². The largest absolute Gasteiger partial charge is 0.508 e. The summed E-state index contributed by atoms with van der Waals surface area (Å²) in [6, 6.07) is 9.98. The van der Waals surface area contributed by atoms with Gasteiger partial charge in [0.05, 0.1) is 0 Å². The lowest BCUT2D eigenvalue weighted by Gasteiger charge is -2.11. The minimum Gasteiger partial charge on any atom is -0.508 e. The van der Waals surface area contributed by atoms with Crippen LogP contribution in [-0.2, 0) is 6.42 Å². The van der Waals surface area contributed by atoms with Crippen molar-refractivity contribution in [3.8, 4) is 28.4 Å². The van der Waals surface area contributed by atoms with Crippen molar-refractivity contribution in [2.75, 3.05) is 0 Å². The lowest BCUT2D eigenvalue weighted by molar-refractivity contribution is 0.400. The van der Waals surface area contributed by atoms with E-state index in [9.17, 15) is 15.3 Å². The number of hydrogen-bond donors (Lipinski definition) is 3. The molecule has 17 heavy (non-hydrogen) atoms. The lowest BCUT2D eigenvalue weighted by atomic mass is 9.97. The van der Waals surface area contributed by atoms with E-state index in [0.717, 1.165) is 11.1 Å². The first-order valence-electron chi connectivity index (χ1n) is 5.46. The highest BCUT2D eigenvalue weighted by Crippen LogP contribution is 2.37. The van der Waals surface area contributed by atoms with E-state index in [2.05, 4.69) is 0 Å². The summed E-state index contributed by atoms with van der Waals surface area (Å²) in [6.07, 6.45) is 0.621. The van der Waals surface area contributed by atoms with Gasteiger partial charge in [0.2, 0.25) is 0 Å². The van der Waals surface area contributed by atoms with Gasteiger partial charge < -0.3 is 15.3 Å². The summed E-state index contributed by atoms with van der Waals surface area (Å²) in [4.78, 5) is 0. The molecule has 0 heterocycles. The second kappa shape index (κ2) is 4.37. The molecular weight excluding hydrogens is 216 g/mol. The molecule has 0 aliphatic carbocycles. The van der Waals surface area contributed by atoms with Crippen LogP contribution in [0.4, 0.5) is 0 Å². The van der Waals surface area contributed by atoms with Gasteiger partial charge in [-0.1, -0.05) is 25.1 Å². The van der Waals surface area contributed by atoms with Crippen LogP contribution in [-0.4, -0.2) is 15.3 Å². The van der Waals surface area contributed by atoms with Crippen molar-refractivity contribution in [3.05, 3.63) is 42.0 Å². The van der Waals surface area contributed by atoms with E-state index in [4.69, 9.17) is 0 Å². The van der Waals surface area contributed by atoms with E-state index >= 15 is 0 Å². The maximum atomic E-state index is 9.79. The zero-order valence-electron chi connectivity index (χ0n) is 9.51. The molecule has 3 nitrogen and oxygen atoms in total. The Morgan fingerprint density at radius 3 is 2.12 bits per heavy atom. The molecule has 0 unspecified atom stereocenters. The highest BCUT2D eigenvalue weighted by Gasteiger charge is 2.11. The van der Waals surface area contributed by atoms with Gasteiger partial charge in [-0.25, -0.2) is 0 Å². The molecule has 0 fully saturated rings. The van der Waals surface area contributed by atoms with E-state index in [-0.39, 0.29) is 17.2 Å². The third kappa shape index (κ3) is 2.04. The summed E-state index contributed by atoms with van der Waals surface area (Å²) in [5.41, 5.74) is 2.47. The third-order valence-electron chi connectivity index (χ3n) is 2.79. The van der Waals surface area contributed by atoms with Gasteiger partial charge in [0.1, 0.15) is 5.75 Å². The molecule has 3 heteroatoms. The normalized spacial score (nSPS) is 10.4. The molecule has 0 saturated heterocycles. The molecule has 0 saturated carbocycles. The number of benzene rings is 2. The van der Waals surface area contributed by atoms with Crippen LogP contribution in [0.15, 0.2) is 36.4 Å². The summed E-state index contributed by atoms with van der Waals surface area (Å²) in [7, 11) is 0. The Bertz CT molecular complexity index is 530. The topological polar surface area (TPSA) is 60.7 Å². The summed E-state index contributed by atoms with van der Waals surface area (Å²) in [6.45, 7) is 1.92. The highest BCUT2D eigenvalue weighted by molar-refractivity contribution is 5.72. The van der Waals surface area contributed by atoms with Gasteiger partial charge in [-0.2, -0.15) is 0 Å². The van der Waals surface area contributed by atoms with Gasteiger partial charge in [0.15, 0.2) is 11.5 Å². The minimum absolute atomic E-state index is 0.0712. The Labute approximate surface area is 99.6 Å². The summed E-state index contributed by atoms with van der Waals surface area (Å²) < 4.78 is 0. The molecule has 2 aromatic carbocycles. The zero-order chi connectivity index (χ0) is 12.4. The molecule has 2 aromatic rings. The second-order valence-corrected chi connectivity index (χ2v) is 3.86. The van der Waals surface area contributed by atoms with Crippen molar-refractivity contribution >= 4 is 0 Å². The Kier molecular flexibility index (Phi) is 2.91. The van der Waals surface area contributed by atoms with Crippen molar-refractivity contribution in [1.82, 2.24) is 0 Å². The van der Waals surface area contributed by atoms with Crippen molar-refractivity contribution in [2.45, 2.75) is 13.3 Å². The van der Waals surface area contributed by atoms with Crippen LogP contribution in [0.25, 0.3) is 11.1 Å². The maximum Gasteiger partial charge on any atom is 0.161 e. The predicted octanol–water partition coefficient (Wildman–Crippen LogP) is 3.03. The maximum absolute atomic E-state index is 9.79. The minimum atomic E-state index is -0.107. The molecule has 0 bridgehead atoms. The number of hydrogen-bond acceptors (Lipinski definition) is 3. The first kappa shape index (κ1) is 11.3. The predicted molar refractivity (Wildman–Crippen MR) is 66.3 cm³/mol. The van der Waals surface area contributed by atoms with E-state index in [1.165, 1.54) is 6.07 Å². The van der Waals surface area contributed by atoms with Crippen LogP contribution in [0.5, 0.6) is 17.2 Å². The number of phenolic OH excluding ortho intramolecular Hbond substituents is 3. The molecule has 0 amide bonds. The number of phenols is 3. The number of rotatable bonds is 2. The van der Waals surface area contributed by atoms with E-state index in [1.54, 1.807) is 30.3 Å². The molecule has 88 valence electrons. The smallest absolute Gasteiger partial charge is 0.161 e. The highest BCUT2D eigenvalue weighted by atomic mass is 16.3. The molecule has 0 aliphatic heterocycles. The first-order valence-corrected chi connectivity index (χ1v) is 5.46. The third-order valence-corrected chi connectivity index (χ3v) is 2.79. The van der Waals surface area contributed by atoms with Crippen LogP contribution in [0.2, 0.25) is 0 Å². The molecular formula is C14H14O3. The second-order valence-electron chi connectivity index (χ2n) is 3.86. The summed E-state index contributed by atoms with van der Waals surface area (Å²) in [5, 5.41) is 28.5. The Morgan fingerprint density at radius 1 is 0.882 bits per heavy atom. The van der Waals surface area contributed by atoms with Crippen molar-refractivity contribution in [3.63, 3.8) is 0 Å². The first-order chi connectivity index (χ1) is 8.13. The zero-order valence-corrected chi connectivity index (χ0v) is 9.51. The molecule has 3 N–H and O–H groups in total. The van der Waals surface area contributed by atoms with Crippen molar-refractivity contribution in [1.29, 1.82) is 0 Å². The molecule has 0 spiro atoms. The fraction of sp³-hybridized carbons (Fsp3) is 0.143. The van der Waals surface area contributed by atoms with Crippen molar-refractivity contribution < 1.29 is 15.3 Å². The van der Waals surface area contributed by atoms with Gasteiger partial charge in [-0.3, -0.25) is 0 Å². The van der Waals surface area contributed by atoms with Crippen LogP contribution in [0.3, 0.4) is 0 Å². The van der Waals surface area contributed by atoms with Gasteiger partial charge in [-0.15, -0.1) is 0 Å². The fourth-order valence-electron chi connectivity index (χ4n) is 1.89. The molecule has 0 radical (unpaired) electrons. The van der Waals surface area contributed by atoms with E-state index in [1.807, 2.05) is 6.92 Å². The molecule has 0 aliphatic rings. The Balaban J connectivity index is 2.59. The monoisotopic (exact) mass is 230 g/mol. The molecule has 0 aromatic heterocycles. The van der Waals surface area contributed by atoms with Gasteiger partial charge >= 0.3 is 0 Å². The SMILES string of the molecule is CCc1c(-c2ccc(O)cc2)ccc(O)c1O. The van der Waals surface area contributed by atoms with Gasteiger partial charge in [0.25, 0.3) is 0 Å². The average Bonchev–Trinajstić information content (AvgIpc) is 2.34. The summed E-state index contributed by atoms with van der Waals surface area (Å²) in [5.74, 6) is 0.0252. The van der Waals surface area contributed by atoms with Crippen LogP contribution in [0, 0.1) is 0 Å². The van der Waals surface area contributed by atoms with Gasteiger partial charge in [-0.05, 0) is 35.7 Å². The van der Waals surface area contributed by atoms with Crippen molar-refractivity contribution in [2.24, 2.45) is 0 Å². The number of aromatic hydroxyl groups is 3. The quantitative estimate of drug-likeness (QED) is 0.695. The van der Waals surface area contributed by atoms with E-state index < -0.39 is 0 Å².